The molecule has 17 heavy (non-hydrogen) atoms. The molecule has 0 aliphatic heterocycles. The first-order valence-electron chi connectivity index (χ1n) is 5.51. The Morgan fingerprint density at radius 3 is 2.94 bits per heavy atom. The number of aryl methyl sites for hydroxylation is 1. The van der Waals surface area contributed by atoms with E-state index in [9.17, 15) is 4.79 Å². The maximum Gasteiger partial charge on any atom is 0.356 e. The number of nitrogens with zero attached hydrogens (tertiary/aromatic N) is 3. The topological polar surface area (TPSA) is 79.5 Å². The molecule has 2 aromatic heterocycles. The lowest BCUT2D eigenvalue weighted by Crippen LogP contribution is -2.08. The van der Waals surface area contributed by atoms with Gasteiger partial charge in [0.2, 0.25) is 0 Å². The molecule has 88 valence electrons. The fourth-order valence-electron chi connectivity index (χ4n) is 1.74. The van der Waals surface area contributed by atoms with E-state index in [1.165, 1.54) is 6.07 Å². The number of fused-ring (bicyclic) bond motifs is 1. The highest BCUT2D eigenvalue weighted by atomic mass is 16.4. The third-order valence-corrected chi connectivity index (χ3v) is 2.70. The molecule has 1 aliphatic carbocycles. The van der Waals surface area contributed by atoms with Gasteiger partial charge in [-0.3, -0.25) is 0 Å². The fourth-order valence-corrected chi connectivity index (χ4v) is 1.74. The summed E-state index contributed by atoms with van der Waals surface area (Å²) in [6.07, 6.45) is 2.30. The van der Waals surface area contributed by atoms with Crippen molar-refractivity contribution in [3.63, 3.8) is 0 Å². The van der Waals surface area contributed by atoms with Crippen LogP contribution in [-0.4, -0.2) is 31.7 Å². The van der Waals surface area contributed by atoms with E-state index >= 15 is 0 Å². The smallest absolute Gasteiger partial charge is 0.356 e. The van der Waals surface area contributed by atoms with Gasteiger partial charge in [-0.25, -0.2) is 9.78 Å². The van der Waals surface area contributed by atoms with Crippen molar-refractivity contribution in [2.45, 2.75) is 25.8 Å². The molecular formula is C11H12N4O2. The molecule has 0 unspecified atom stereocenters. The van der Waals surface area contributed by atoms with Crippen LogP contribution in [0.4, 0.5) is 5.82 Å². The zero-order valence-corrected chi connectivity index (χ0v) is 9.34. The first-order chi connectivity index (χ1) is 8.13. The zero-order valence-electron chi connectivity index (χ0n) is 9.34. The number of nitrogens with one attached hydrogen (secondary N) is 1. The van der Waals surface area contributed by atoms with Crippen molar-refractivity contribution in [1.82, 2.24) is 14.6 Å². The predicted molar refractivity (Wildman–Crippen MR) is 61.3 cm³/mol. The van der Waals surface area contributed by atoms with Crippen molar-refractivity contribution < 1.29 is 9.90 Å². The van der Waals surface area contributed by atoms with Crippen LogP contribution >= 0.6 is 0 Å². The molecule has 2 aromatic rings. The van der Waals surface area contributed by atoms with E-state index in [-0.39, 0.29) is 5.69 Å². The van der Waals surface area contributed by atoms with Gasteiger partial charge < -0.3 is 10.4 Å². The van der Waals surface area contributed by atoms with Gasteiger partial charge in [0.25, 0.3) is 0 Å². The molecule has 0 saturated heterocycles. The van der Waals surface area contributed by atoms with E-state index in [4.69, 9.17) is 5.11 Å². The monoisotopic (exact) mass is 232 g/mol. The lowest BCUT2D eigenvalue weighted by Gasteiger charge is -2.07. The second-order valence-corrected chi connectivity index (χ2v) is 4.31. The molecule has 1 aliphatic rings. The Kier molecular flexibility index (Phi) is 2.04. The van der Waals surface area contributed by atoms with Crippen molar-refractivity contribution in [3.05, 3.63) is 23.5 Å². The van der Waals surface area contributed by atoms with Gasteiger partial charge in [0, 0.05) is 23.9 Å². The Hall–Kier alpha value is -2.11. The minimum Gasteiger partial charge on any atom is -0.476 e. The zero-order chi connectivity index (χ0) is 12.0. The predicted octanol–water partition coefficient (Wildman–Crippen LogP) is 1.31. The summed E-state index contributed by atoms with van der Waals surface area (Å²) >= 11 is 0. The summed E-state index contributed by atoms with van der Waals surface area (Å²) in [7, 11) is 0. The number of anilines is 1. The van der Waals surface area contributed by atoms with E-state index in [2.05, 4.69) is 15.4 Å². The summed E-state index contributed by atoms with van der Waals surface area (Å²) in [5, 5.41) is 16.3. The summed E-state index contributed by atoms with van der Waals surface area (Å²) in [6, 6.07) is 3.84. The Morgan fingerprint density at radius 2 is 2.29 bits per heavy atom. The SMILES string of the molecule is Cc1cc(NC2CC2)n2nc(C(=O)O)cc2n1. The number of hydrogen-bond acceptors (Lipinski definition) is 4. The highest BCUT2D eigenvalue weighted by Gasteiger charge is 2.22. The molecule has 1 fully saturated rings. The van der Waals surface area contributed by atoms with Gasteiger partial charge in [-0.15, -0.1) is 0 Å². The molecule has 2 heterocycles. The van der Waals surface area contributed by atoms with Crippen molar-refractivity contribution in [1.29, 1.82) is 0 Å². The summed E-state index contributed by atoms with van der Waals surface area (Å²) in [5.41, 5.74) is 1.42. The average molecular weight is 232 g/mol. The Balaban J connectivity index is 2.14. The Labute approximate surface area is 97.3 Å². The van der Waals surface area contributed by atoms with Gasteiger partial charge in [0.15, 0.2) is 11.3 Å². The molecule has 0 radical (unpaired) electrons. The molecule has 0 spiro atoms. The Bertz CT molecular complexity index is 601. The quantitative estimate of drug-likeness (QED) is 0.834. The van der Waals surface area contributed by atoms with Gasteiger partial charge in [0.1, 0.15) is 5.82 Å². The molecule has 0 bridgehead atoms. The third kappa shape index (κ3) is 1.82. The lowest BCUT2D eigenvalue weighted by molar-refractivity contribution is 0.0690. The van der Waals surface area contributed by atoms with Crippen LogP contribution in [0.25, 0.3) is 5.65 Å². The molecule has 0 amide bonds. The standard InChI is InChI=1S/C11H12N4O2/c1-6-4-9(13-7-2-3-7)15-10(12-6)5-8(14-15)11(16)17/h4-5,7,13H,2-3H2,1H3,(H,16,17). The van der Waals surface area contributed by atoms with Crippen molar-refractivity contribution >= 4 is 17.4 Å². The van der Waals surface area contributed by atoms with Crippen LogP contribution < -0.4 is 5.32 Å². The van der Waals surface area contributed by atoms with Crippen molar-refractivity contribution in [2.75, 3.05) is 5.32 Å². The van der Waals surface area contributed by atoms with Gasteiger partial charge in [-0.2, -0.15) is 9.61 Å². The van der Waals surface area contributed by atoms with E-state index in [1.54, 1.807) is 4.52 Å². The van der Waals surface area contributed by atoms with Gasteiger partial charge in [-0.05, 0) is 19.8 Å². The average Bonchev–Trinajstić information content (AvgIpc) is 2.94. The minimum atomic E-state index is -1.04. The number of carboxylic acid groups (broad SMARTS) is 1. The van der Waals surface area contributed by atoms with E-state index in [1.807, 2.05) is 13.0 Å². The van der Waals surface area contributed by atoms with Crippen molar-refractivity contribution in [2.24, 2.45) is 0 Å². The summed E-state index contributed by atoms with van der Waals surface area (Å²) in [5.74, 6) is -0.229. The normalized spacial score (nSPS) is 15.1. The maximum atomic E-state index is 10.9. The van der Waals surface area contributed by atoms with E-state index in [0.29, 0.717) is 11.7 Å². The lowest BCUT2D eigenvalue weighted by atomic mass is 10.4. The first-order valence-corrected chi connectivity index (χ1v) is 5.51. The van der Waals surface area contributed by atoms with Crippen LogP contribution in [0.1, 0.15) is 29.0 Å². The molecule has 0 atom stereocenters. The second kappa shape index (κ2) is 3.44. The number of carbonyl (C=O) groups is 1. The van der Waals surface area contributed by atoms with Crippen LogP contribution in [-0.2, 0) is 0 Å². The van der Waals surface area contributed by atoms with E-state index < -0.39 is 5.97 Å². The first kappa shape index (κ1) is 10.1. The second-order valence-electron chi connectivity index (χ2n) is 4.31. The van der Waals surface area contributed by atoms with Gasteiger partial charge in [-0.1, -0.05) is 0 Å². The maximum absolute atomic E-state index is 10.9. The Morgan fingerprint density at radius 1 is 1.53 bits per heavy atom. The number of rotatable bonds is 3. The summed E-state index contributed by atoms with van der Waals surface area (Å²) < 4.78 is 1.55. The molecule has 0 aromatic carbocycles. The molecule has 1 saturated carbocycles. The number of aromatic nitrogens is 3. The molecule has 6 heteroatoms. The van der Waals surface area contributed by atoms with Gasteiger partial charge >= 0.3 is 5.97 Å². The third-order valence-electron chi connectivity index (χ3n) is 2.70. The number of aromatic carboxylic acids is 1. The van der Waals surface area contributed by atoms with Crippen LogP contribution in [0.2, 0.25) is 0 Å². The number of carboxylic acids is 1. The molecular weight excluding hydrogens is 220 g/mol. The largest absolute Gasteiger partial charge is 0.476 e. The highest BCUT2D eigenvalue weighted by molar-refractivity contribution is 5.86. The highest BCUT2D eigenvalue weighted by Crippen LogP contribution is 2.25. The summed E-state index contributed by atoms with van der Waals surface area (Å²) in [4.78, 5) is 15.1. The fraction of sp³-hybridized carbons (Fsp3) is 0.364. The number of hydrogen-bond donors (Lipinski definition) is 2. The van der Waals surface area contributed by atoms with Crippen LogP contribution in [0.3, 0.4) is 0 Å². The molecule has 2 N–H and O–H groups in total. The van der Waals surface area contributed by atoms with Crippen LogP contribution in [0.5, 0.6) is 0 Å². The van der Waals surface area contributed by atoms with Crippen LogP contribution in [0, 0.1) is 6.92 Å². The molecule has 3 rings (SSSR count). The summed E-state index contributed by atoms with van der Waals surface area (Å²) in [6.45, 7) is 1.88. The van der Waals surface area contributed by atoms with E-state index in [0.717, 1.165) is 24.4 Å². The van der Waals surface area contributed by atoms with Crippen LogP contribution in [0.15, 0.2) is 12.1 Å². The van der Waals surface area contributed by atoms with Crippen molar-refractivity contribution in [3.8, 4) is 0 Å². The van der Waals surface area contributed by atoms with Gasteiger partial charge in [0.05, 0.1) is 0 Å². The molecule has 6 nitrogen and oxygen atoms in total. The minimum absolute atomic E-state index is 0.0157.